The highest BCUT2D eigenvalue weighted by Gasteiger charge is 2.57. The lowest BCUT2D eigenvalue weighted by atomic mass is 9.71. The molecule has 0 aromatic heterocycles. The molecule has 2 aliphatic carbocycles. The van der Waals surface area contributed by atoms with E-state index in [2.05, 4.69) is 9.80 Å². The van der Waals surface area contributed by atoms with Gasteiger partial charge in [0.2, 0.25) is 17.6 Å². The highest BCUT2D eigenvalue weighted by atomic mass is 19.3. The summed E-state index contributed by atoms with van der Waals surface area (Å²) in [5.41, 5.74) is 4.53. The Morgan fingerprint density at radius 2 is 1.33 bits per heavy atom. The molecule has 7 rings (SSSR count). The summed E-state index contributed by atoms with van der Waals surface area (Å²) in [4.78, 5) is 34.6. The van der Waals surface area contributed by atoms with Crippen LogP contribution in [0.1, 0.15) is 82.6 Å². The Balaban J connectivity index is 1.25. The van der Waals surface area contributed by atoms with Gasteiger partial charge in [0.05, 0.1) is 10.5 Å². The van der Waals surface area contributed by atoms with E-state index in [1.807, 2.05) is 0 Å². The van der Waals surface area contributed by atoms with Crippen LogP contribution in [-0.2, 0) is 15.2 Å². The van der Waals surface area contributed by atoms with Crippen molar-refractivity contribution in [1.29, 1.82) is 0 Å². The molecular formula is C38H47F4N5O7. The Hall–Kier alpha value is -4.15. The first-order chi connectivity index (χ1) is 25.6. The Morgan fingerprint density at radius 1 is 0.815 bits per heavy atom. The van der Waals surface area contributed by atoms with Crippen LogP contribution in [0.5, 0.6) is 23.0 Å². The number of amides is 1. The van der Waals surface area contributed by atoms with Gasteiger partial charge in [-0.3, -0.25) is 14.9 Å². The largest absolute Gasteiger partial charge is 0.508 e. The quantitative estimate of drug-likeness (QED) is 0.139. The fraction of sp³-hybridized carbons (Fsp3) is 0.605. The van der Waals surface area contributed by atoms with Crippen LogP contribution in [0.15, 0.2) is 48.2 Å². The average molecular weight is 762 g/mol. The minimum absolute atomic E-state index is 0.00125. The molecule has 294 valence electrons. The van der Waals surface area contributed by atoms with Gasteiger partial charge in [-0.2, -0.15) is 0 Å². The summed E-state index contributed by atoms with van der Waals surface area (Å²) in [5.74, 6) is -7.09. The maximum absolute atomic E-state index is 14.0. The number of likely N-dealkylation sites (tertiary alicyclic amines) is 2. The molecule has 2 aromatic rings. The fourth-order valence-corrected chi connectivity index (χ4v) is 9.45. The summed E-state index contributed by atoms with van der Waals surface area (Å²) in [6.45, 7) is 2.28. The van der Waals surface area contributed by atoms with Gasteiger partial charge in [-0.25, -0.2) is 17.6 Å². The van der Waals surface area contributed by atoms with Crippen LogP contribution >= 0.6 is 0 Å². The van der Waals surface area contributed by atoms with Gasteiger partial charge in [-0.1, -0.05) is 0 Å². The van der Waals surface area contributed by atoms with E-state index in [0.717, 1.165) is 0 Å². The maximum Gasteiger partial charge on any atom is 0.286 e. The number of aromatic hydroxyl groups is 2. The molecular weight excluding hydrogens is 714 g/mol. The van der Waals surface area contributed by atoms with Crippen molar-refractivity contribution >= 4 is 11.6 Å². The van der Waals surface area contributed by atoms with Gasteiger partial charge in [0.25, 0.3) is 11.6 Å². The minimum atomic E-state index is -2.66. The van der Waals surface area contributed by atoms with E-state index in [1.165, 1.54) is 36.4 Å². The van der Waals surface area contributed by atoms with Crippen LogP contribution in [0, 0.1) is 16.0 Å². The lowest BCUT2D eigenvalue weighted by Gasteiger charge is -2.51. The summed E-state index contributed by atoms with van der Waals surface area (Å²) in [6, 6.07) is 7.51. The number of rotatable bonds is 9. The molecule has 1 atom stereocenters. The number of benzene rings is 2. The molecule has 0 bridgehead atoms. The first-order valence-corrected chi connectivity index (χ1v) is 18.9. The van der Waals surface area contributed by atoms with Crippen molar-refractivity contribution < 1.29 is 47.1 Å². The molecule has 3 aliphatic heterocycles. The smallest absolute Gasteiger partial charge is 0.286 e. The van der Waals surface area contributed by atoms with Crippen molar-refractivity contribution in [2.45, 2.75) is 113 Å². The molecule has 2 aromatic carbocycles. The van der Waals surface area contributed by atoms with Crippen molar-refractivity contribution in [3.63, 3.8) is 0 Å². The number of phenols is 2. The van der Waals surface area contributed by atoms with Crippen molar-refractivity contribution in [3.05, 3.63) is 63.9 Å². The number of hydrogen-bond acceptors (Lipinski definition) is 10. The van der Waals surface area contributed by atoms with Gasteiger partial charge >= 0.3 is 0 Å². The standard InChI is InChI=1S/C38H47F4N5O7/c39-36(40)13-5-25(6-14-36)44-17-9-24(10-18-44)38(34-31(49)21-29(48)22-32(34)53-30-3-1-28(2-4-30)47(51)52)23-33(35(43)50)54-46(38)27-11-19-45(20-12-27)26-7-15-37(41,42)16-8-26/h1-4,21-27,48-49H,5-20H2,(H2,43,50). The number of alkyl halides is 4. The number of ether oxygens (including phenoxy) is 1. The molecule has 4 fully saturated rings. The SMILES string of the molecule is NC(=O)C1=CC(c2c(O)cc(O)cc2Oc2ccc([N+](=O)[O-])cc2)(C2CCN(C3CCC(F)(F)CC3)CC2)N(C2CCN(C3CCC(F)(F)CC3)CC2)O1. The number of hydroxylamine groups is 2. The highest BCUT2D eigenvalue weighted by molar-refractivity contribution is 5.90. The number of non-ortho nitro benzene ring substituents is 1. The molecule has 2 saturated carbocycles. The Kier molecular flexibility index (Phi) is 10.5. The number of hydrogen-bond donors (Lipinski definition) is 3. The van der Waals surface area contributed by atoms with Gasteiger partial charge in [-0.05, 0) is 88.6 Å². The summed E-state index contributed by atoms with van der Waals surface area (Å²) in [7, 11) is 0. The summed E-state index contributed by atoms with van der Waals surface area (Å²) in [6.07, 6.45) is 4.66. The first kappa shape index (κ1) is 38.1. The molecule has 0 radical (unpaired) electrons. The normalized spacial score (nSPS) is 26.6. The van der Waals surface area contributed by atoms with Gasteiger partial charge in [0.15, 0.2) is 0 Å². The third-order valence-electron chi connectivity index (χ3n) is 12.3. The number of carbonyl (C=O) groups excluding carboxylic acids is 1. The van der Waals surface area contributed by atoms with Crippen molar-refractivity contribution in [3.8, 4) is 23.0 Å². The first-order valence-electron chi connectivity index (χ1n) is 18.9. The Bertz CT molecular complexity index is 1730. The van der Waals surface area contributed by atoms with E-state index >= 15 is 0 Å². The predicted molar refractivity (Wildman–Crippen MR) is 188 cm³/mol. The second-order valence-electron chi connectivity index (χ2n) is 15.6. The van der Waals surface area contributed by atoms with E-state index in [0.29, 0.717) is 77.5 Å². The summed E-state index contributed by atoms with van der Waals surface area (Å²) < 4.78 is 62.4. The van der Waals surface area contributed by atoms with Crippen molar-refractivity contribution in [2.75, 3.05) is 26.2 Å². The summed E-state index contributed by atoms with van der Waals surface area (Å²) >= 11 is 0. The second-order valence-corrected chi connectivity index (χ2v) is 15.6. The highest BCUT2D eigenvalue weighted by Crippen LogP contribution is 2.56. The number of halogens is 4. The molecule has 12 nitrogen and oxygen atoms in total. The van der Waals surface area contributed by atoms with Crippen LogP contribution < -0.4 is 10.5 Å². The molecule has 3 heterocycles. The van der Waals surface area contributed by atoms with Crippen molar-refractivity contribution in [1.82, 2.24) is 14.9 Å². The zero-order valence-electron chi connectivity index (χ0n) is 30.0. The van der Waals surface area contributed by atoms with Crippen LogP contribution in [0.25, 0.3) is 0 Å². The molecule has 5 aliphatic rings. The number of phenolic OH excluding ortho intramolecular Hbond substituents is 2. The van der Waals surface area contributed by atoms with E-state index in [9.17, 15) is 42.7 Å². The molecule has 16 heteroatoms. The zero-order chi connectivity index (χ0) is 38.4. The number of nitro benzene ring substituents is 1. The van der Waals surface area contributed by atoms with Crippen molar-refractivity contribution in [2.24, 2.45) is 11.7 Å². The van der Waals surface area contributed by atoms with Gasteiger partial charge < -0.3 is 35.3 Å². The second kappa shape index (κ2) is 14.8. The van der Waals surface area contributed by atoms with Crippen LogP contribution in [0.2, 0.25) is 0 Å². The van der Waals surface area contributed by atoms with Crippen LogP contribution in [0.4, 0.5) is 23.2 Å². The van der Waals surface area contributed by atoms with E-state index in [1.54, 1.807) is 11.1 Å². The number of nitro groups is 1. The zero-order valence-corrected chi connectivity index (χ0v) is 30.0. The number of piperidine rings is 2. The average Bonchev–Trinajstić information content (AvgIpc) is 3.53. The van der Waals surface area contributed by atoms with Gasteiger partial charge in [0.1, 0.15) is 28.5 Å². The van der Waals surface area contributed by atoms with E-state index < -0.39 is 28.2 Å². The summed E-state index contributed by atoms with van der Waals surface area (Å²) in [5, 5.41) is 35.6. The molecule has 4 N–H and O–H groups in total. The van der Waals surface area contributed by atoms with Gasteiger partial charge in [0, 0.05) is 81.2 Å². The maximum atomic E-state index is 14.0. The third-order valence-corrected chi connectivity index (χ3v) is 12.3. The minimum Gasteiger partial charge on any atom is -0.508 e. The number of nitrogens with zero attached hydrogens (tertiary/aromatic N) is 4. The van der Waals surface area contributed by atoms with E-state index in [-0.39, 0.29) is 89.7 Å². The van der Waals surface area contributed by atoms with Crippen LogP contribution in [-0.4, -0.2) is 92.1 Å². The lowest BCUT2D eigenvalue weighted by Crippen LogP contribution is -2.57. The molecule has 1 amide bonds. The number of primary amides is 1. The third kappa shape index (κ3) is 7.69. The predicted octanol–water partition coefficient (Wildman–Crippen LogP) is 6.94. The fourth-order valence-electron chi connectivity index (χ4n) is 9.45. The molecule has 0 spiro atoms. The number of carbonyl (C=O) groups is 1. The molecule has 54 heavy (non-hydrogen) atoms. The van der Waals surface area contributed by atoms with Gasteiger partial charge in [-0.15, -0.1) is 5.06 Å². The van der Waals surface area contributed by atoms with Crippen LogP contribution in [0.3, 0.4) is 0 Å². The topological polar surface area (TPSA) is 155 Å². The Morgan fingerprint density at radius 3 is 1.83 bits per heavy atom. The van der Waals surface area contributed by atoms with E-state index in [4.69, 9.17) is 15.3 Å². The molecule has 1 unspecified atom stereocenters. The monoisotopic (exact) mass is 761 g/mol. The lowest BCUT2D eigenvalue weighted by molar-refractivity contribution is -0.384. The Labute approximate surface area is 310 Å². The molecule has 2 saturated heterocycles. The number of nitrogens with two attached hydrogens (primary N) is 1.